The molecule has 0 saturated heterocycles. The summed E-state index contributed by atoms with van der Waals surface area (Å²) >= 11 is 0. The fourth-order valence-electron chi connectivity index (χ4n) is 8.12. The number of benzene rings is 7. The van der Waals surface area contributed by atoms with Gasteiger partial charge in [0.15, 0.2) is 0 Å². The molecule has 1 N–H and O–H groups in total. The molecule has 0 aliphatic carbocycles. The molecular formula is C63H63N3O. The highest BCUT2D eigenvalue weighted by Gasteiger charge is 2.31. The van der Waals surface area contributed by atoms with E-state index in [2.05, 4.69) is 4.98 Å². The fraction of sp³-hybridized carbons (Fsp3) is 0.238. The van der Waals surface area contributed by atoms with Crippen LogP contribution in [0.25, 0.3) is 83.9 Å². The van der Waals surface area contributed by atoms with Crippen molar-refractivity contribution < 1.29 is 57.2 Å². The lowest BCUT2D eigenvalue weighted by Crippen LogP contribution is -2.17. The molecule has 2 heterocycles. The Morgan fingerprint density at radius 2 is 1.24 bits per heavy atom. The lowest BCUT2D eigenvalue weighted by Gasteiger charge is -2.28. The summed E-state index contributed by atoms with van der Waals surface area (Å²) in [5, 5.41) is 13.4. The van der Waals surface area contributed by atoms with Crippen LogP contribution in [0.3, 0.4) is 0 Å². The van der Waals surface area contributed by atoms with Crippen molar-refractivity contribution >= 4 is 11.0 Å². The van der Waals surface area contributed by atoms with E-state index in [-0.39, 0.29) is 56.8 Å². The quantitative estimate of drug-likeness (QED) is 0.157. The Morgan fingerprint density at radius 1 is 0.567 bits per heavy atom. The average molecular weight is 916 g/mol. The molecule has 4 heteroatoms. The largest absolute Gasteiger partial charge is 0.507 e. The molecule has 0 spiro atoms. The van der Waals surface area contributed by atoms with E-state index in [4.69, 9.17) is 54.3 Å². The van der Waals surface area contributed by atoms with Crippen LogP contribution in [0.5, 0.6) is 5.75 Å². The lowest BCUT2D eigenvalue weighted by atomic mass is 9.78. The van der Waals surface area contributed by atoms with Gasteiger partial charge >= 0.3 is 0 Å². The maximum atomic E-state index is 13.4. The van der Waals surface area contributed by atoms with Crippen molar-refractivity contribution in [2.45, 2.75) is 98.0 Å². The molecular weight excluding hydrogens is 815 g/mol. The number of hydrogen-bond acceptors (Lipinski definition) is 3. The van der Waals surface area contributed by atoms with Gasteiger partial charge in [-0.3, -0.25) is 9.55 Å². The Hall–Kier alpha value is -7.04. The van der Waals surface area contributed by atoms with Gasteiger partial charge in [-0.1, -0.05) is 177 Å². The summed E-state index contributed by atoms with van der Waals surface area (Å²) in [6, 6.07) is 21.6. The first-order valence-electron chi connectivity index (χ1n) is 39.5. The minimum absolute atomic E-state index is 0.00937. The number of aromatic nitrogens is 3. The number of rotatable bonds is 9. The molecule has 7 aromatic carbocycles. The van der Waals surface area contributed by atoms with Crippen LogP contribution >= 0.6 is 0 Å². The average Bonchev–Trinajstić information content (AvgIpc) is 1.51. The lowest BCUT2D eigenvalue weighted by molar-refractivity contribution is 0.446. The van der Waals surface area contributed by atoms with E-state index in [1.807, 2.05) is 0 Å². The number of phenolic OH excluding ortho intramolecular Hbond substituents is 1. The minimum Gasteiger partial charge on any atom is -0.507 e. The van der Waals surface area contributed by atoms with Crippen LogP contribution in [0.15, 0.2) is 164 Å². The zero-order chi connectivity index (χ0) is 79.2. The predicted octanol–water partition coefficient (Wildman–Crippen LogP) is 17.3. The van der Waals surface area contributed by atoms with E-state index in [9.17, 15) is 7.85 Å². The van der Waals surface area contributed by atoms with Gasteiger partial charge < -0.3 is 5.11 Å². The zero-order valence-corrected chi connectivity index (χ0v) is 35.1. The Bertz CT molecular complexity index is 4620. The monoisotopic (exact) mass is 916 g/mol. The molecule has 0 fully saturated rings. The maximum Gasteiger partial charge on any atom is 0.149 e. The molecule has 0 unspecified atom stereocenters. The molecule has 67 heavy (non-hydrogen) atoms. The molecule has 9 rings (SSSR count). The highest BCUT2D eigenvalue weighted by atomic mass is 16.3. The minimum atomic E-state index is -4.59. The first-order chi connectivity index (χ1) is 47.6. The van der Waals surface area contributed by atoms with Gasteiger partial charge in [-0.2, -0.15) is 0 Å². The summed E-state index contributed by atoms with van der Waals surface area (Å²) in [7, 11) is 0. The standard InChI is InChI=1S/C63H63N3O/c1-39(2)52-34-47(43-21-16-13-17-22-43)35-53(40(3)4)59(52)66-57-24-18-23-51(58(57)65-61(66)54-37-50(62(6,7)8)38-55(60(54)67)63(9,10)11)48-31-46(42-19-14-12-15-20-42)32-49(33-48)56-36-45(29-30-64-56)44-27-25-41(5)26-28-44/h12-40,67H,1-11H3/i1D3,2D3,3D3,4D3,5D3,6D3,7D3,8D3,9D3,10D3,11D3,12D,14D,15D,19D,20D. The zero-order valence-electron chi connectivity index (χ0n) is 73.1. The van der Waals surface area contributed by atoms with Crippen LogP contribution in [-0.2, 0) is 10.8 Å². The number of aryl methyl sites for hydroxylation is 1. The van der Waals surface area contributed by atoms with Gasteiger partial charge in [-0.25, -0.2) is 4.98 Å². The third kappa shape index (κ3) is 8.86. The molecule has 0 bridgehead atoms. The van der Waals surface area contributed by atoms with Gasteiger partial charge in [0, 0.05) is 68.1 Å². The van der Waals surface area contributed by atoms with Crippen molar-refractivity contribution in [3.63, 3.8) is 0 Å². The third-order valence-electron chi connectivity index (χ3n) is 11.3. The predicted molar refractivity (Wildman–Crippen MR) is 283 cm³/mol. The summed E-state index contributed by atoms with van der Waals surface area (Å²) < 4.78 is 337. The number of phenols is 1. The van der Waals surface area contributed by atoms with Crippen LogP contribution in [0.4, 0.5) is 0 Å². The topological polar surface area (TPSA) is 50.9 Å². The summed E-state index contributed by atoms with van der Waals surface area (Å²) in [4.78, 5) is 9.47. The first kappa shape index (κ1) is 18.6. The van der Waals surface area contributed by atoms with E-state index in [1.54, 1.807) is 6.07 Å². The molecule has 0 aliphatic rings. The van der Waals surface area contributed by atoms with Crippen molar-refractivity contribution in [3.05, 3.63) is 192 Å². The SMILES string of the molecule is [2H]c1c([2H])c([2H])c(-c2cc(-c3cc(-c4ccc(C([2H])([2H])[2H])cc4)ccn3)cc(-c3cccc4c3nc(-c3cc(C(C([2H])([2H])[2H])(C([2H])([2H])[2H])C([2H])([2H])[2H])cc(C(C([2H])([2H])[2H])(C([2H])([2H])[2H])C([2H])([2H])[2H])c3O)n4-c3c(C(C([2H])([2H])[2H])C([2H])([2H])[2H])cc(-c4ccccc4)cc3C(C([2H])([2H])[2H])C([2H])([2H])[2H])c2)c([2H])c1[2H]. The third-order valence-corrected chi connectivity index (χ3v) is 11.3. The van der Waals surface area contributed by atoms with Crippen molar-refractivity contribution in [2.24, 2.45) is 0 Å². The molecule has 4 nitrogen and oxygen atoms in total. The second-order valence-electron chi connectivity index (χ2n) is 15.9. The molecule has 0 atom stereocenters. The molecule has 9 aromatic rings. The van der Waals surface area contributed by atoms with E-state index >= 15 is 0 Å². The van der Waals surface area contributed by atoms with Gasteiger partial charge in [0.2, 0.25) is 0 Å². The molecule has 336 valence electrons. The Morgan fingerprint density at radius 3 is 1.93 bits per heavy atom. The fourth-order valence-corrected chi connectivity index (χ4v) is 8.12. The summed E-state index contributed by atoms with van der Waals surface area (Å²) in [5.74, 6) is -9.01. The highest BCUT2D eigenvalue weighted by Crippen LogP contribution is 2.47. The maximum absolute atomic E-state index is 13.4. The normalized spacial score (nSPS) is 22.5. The van der Waals surface area contributed by atoms with Crippen molar-refractivity contribution in [3.8, 4) is 78.6 Å². The van der Waals surface area contributed by atoms with E-state index < -0.39 is 190 Å². The molecule has 0 saturated carbocycles. The molecule has 0 aliphatic heterocycles. The van der Waals surface area contributed by atoms with Crippen LogP contribution in [0.2, 0.25) is 0 Å². The highest BCUT2D eigenvalue weighted by molar-refractivity contribution is 5.98. The van der Waals surface area contributed by atoms with Gasteiger partial charge in [0.25, 0.3) is 0 Å². The smallest absolute Gasteiger partial charge is 0.149 e. The number of hydrogen-bond donors (Lipinski definition) is 1. The second kappa shape index (κ2) is 17.6. The number of aromatic hydroxyl groups is 1. The molecule has 0 radical (unpaired) electrons. The number of imidazole rings is 1. The molecule has 2 aromatic heterocycles. The number of pyridine rings is 1. The van der Waals surface area contributed by atoms with E-state index in [0.717, 1.165) is 18.2 Å². The molecule has 0 amide bonds. The number of nitrogens with zero attached hydrogens (tertiary/aromatic N) is 3. The Balaban J connectivity index is 1.65. The Kier molecular flexibility index (Phi) is 4.89. The van der Waals surface area contributed by atoms with Crippen LogP contribution in [0.1, 0.15) is 160 Å². The second-order valence-corrected chi connectivity index (χ2v) is 15.9. The van der Waals surface area contributed by atoms with Gasteiger partial charge in [0.05, 0.1) is 34.8 Å². The number of para-hydroxylation sites is 1. The van der Waals surface area contributed by atoms with Crippen LogP contribution < -0.4 is 0 Å². The summed E-state index contributed by atoms with van der Waals surface area (Å²) in [6.45, 7) is -44.5. The number of fused-ring (bicyclic) bond motifs is 1. The first-order valence-corrected chi connectivity index (χ1v) is 20.5. The summed E-state index contributed by atoms with van der Waals surface area (Å²) in [6.07, 6.45) is 1.34. The van der Waals surface area contributed by atoms with E-state index in [0.29, 0.717) is 15.7 Å². The van der Waals surface area contributed by atoms with Crippen molar-refractivity contribution in [2.75, 3.05) is 0 Å². The summed E-state index contributed by atoms with van der Waals surface area (Å²) in [5.41, 5.74) is -18.8. The van der Waals surface area contributed by atoms with Crippen molar-refractivity contribution in [1.82, 2.24) is 14.5 Å². The van der Waals surface area contributed by atoms with Crippen LogP contribution in [-0.4, -0.2) is 19.6 Å². The van der Waals surface area contributed by atoms with Gasteiger partial charge in [0.1, 0.15) is 11.6 Å². The Labute approximate surface area is 451 Å². The van der Waals surface area contributed by atoms with Gasteiger partial charge in [-0.15, -0.1) is 0 Å². The van der Waals surface area contributed by atoms with Gasteiger partial charge in [-0.05, 0) is 140 Å². The van der Waals surface area contributed by atoms with Crippen LogP contribution in [0, 0.1) is 6.85 Å². The van der Waals surface area contributed by atoms with E-state index in [1.165, 1.54) is 97.2 Å². The van der Waals surface area contributed by atoms with Crippen molar-refractivity contribution in [1.29, 1.82) is 0 Å².